The van der Waals surface area contributed by atoms with E-state index in [9.17, 15) is 10.2 Å². The van der Waals surface area contributed by atoms with Crippen LogP contribution in [0, 0.1) is 5.41 Å². The predicted octanol–water partition coefficient (Wildman–Crippen LogP) is 3.54. The van der Waals surface area contributed by atoms with Crippen molar-refractivity contribution in [3.05, 3.63) is 71.1 Å². The van der Waals surface area contributed by atoms with Gasteiger partial charge in [0.2, 0.25) is 5.82 Å². The maximum absolute atomic E-state index is 12.3. The quantitative estimate of drug-likeness (QED) is 0.650. The second-order valence-electron chi connectivity index (χ2n) is 8.97. The van der Waals surface area contributed by atoms with Crippen LogP contribution in [0.1, 0.15) is 49.3 Å². The molecule has 0 aliphatic carbocycles. The number of rotatable bonds is 6. The number of likely N-dealkylation sites (tertiary alicyclic amines) is 1. The summed E-state index contributed by atoms with van der Waals surface area (Å²) in [7, 11) is 2.07. The lowest BCUT2D eigenvalue weighted by molar-refractivity contribution is -0.127. The van der Waals surface area contributed by atoms with E-state index in [1.165, 1.54) is 5.56 Å². The van der Waals surface area contributed by atoms with Crippen molar-refractivity contribution in [3.8, 4) is 11.4 Å². The topological polar surface area (TPSA) is 82.6 Å². The van der Waals surface area contributed by atoms with Gasteiger partial charge in [0.15, 0.2) is 0 Å². The number of hydrogen-bond donors (Lipinski definition) is 2. The first kappa shape index (κ1) is 20.7. The van der Waals surface area contributed by atoms with E-state index < -0.39 is 5.60 Å². The molecule has 1 saturated heterocycles. The first-order valence-electron chi connectivity index (χ1n) is 10.3. The molecule has 2 heterocycles. The molecule has 0 bridgehead atoms. The molecule has 6 nitrogen and oxygen atoms in total. The highest BCUT2D eigenvalue weighted by Gasteiger charge is 2.55. The highest BCUT2D eigenvalue weighted by atomic mass is 16.5. The Morgan fingerprint density at radius 3 is 2.40 bits per heavy atom. The molecule has 6 heteroatoms. The molecule has 3 aromatic rings. The zero-order valence-electron chi connectivity index (χ0n) is 18.0. The molecule has 0 radical (unpaired) electrons. The van der Waals surface area contributed by atoms with E-state index in [4.69, 9.17) is 4.52 Å². The Bertz CT molecular complexity index is 1020. The molecule has 1 fully saturated rings. The van der Waals surface area contributed by atoms with Gasteiger partial charge in [-0.25, -0.2) is 0 Å². The summed E-state index contributed by atoms with van der Waals surface area (Å²) < 4.78 is 5.05. The maximum Gasteiger partial charge on any atom is 0.252 e. The molecule has 0 amide bonds. The van der Waals surface area contributed by atoms with E-state index in [0.717, 1.165) is 29.8 Å². The third kappa shape index (κ3) is 3.35. The van der Waals surface area contributed by atoms with Crippen molar-refractivity contribution in [2.45, 2.75) is 38.9 Å². The van der Waals surface area contributed by atoms with Crippen LogP contribution < -0.4 is 0 Å². The van der Waals surface area contributed by atoms with E-state index >= 15 is 0 Å². The Balaban J connectivity index is 1.82. The van der Waals surface area contributed by atoms with Gasteiger partial charge in [-0.3, -0.25) is 0 Å². The van der Waals surface area contributed by atoms with Crippen molar-refractivity contribution in [1.82, 2.24) is 15.0 Å². The summed E-state index contributed by atoms with van der Waals surface area (Å²) in [6.07, 6.45) is 0. The van der Waals surface area contributed by atoms with Crippen LogP contribution in [-0.2, 0) is 12.2 Å². The van der Waals surface area contributed by atoms with E-state index in [-0.39, 0.29) is 17.9 Å². The molecule has 1 atom stereocenters. The lowest BCUT2D eigenvalue weighted by Crippen LogP contribution is -2.63. The highest BCUT2D eigenvalue weighted by Crippen LogP contribution is 2.50. The van der Waals surface area contributed by atoms with Gasteiger partial charge in [0.25, 0.3) is 5.89 Å². The fourth-order valence-electron chi connectivity index (χ4n) is 4.67. The minimum atomic E-state index is -1.17. The van der Waals surface area contributed by atoms with Gasteiger partial charge >= 0.3 is 0 Å². The summed E-state index contributed by atoms with van der Waals surface area (Å²) >= 11 is 0. The largest absolute Gasteiger partial charge is 0.387 e. The number of benzene rings is 2. The van der Waals surface area contributed by atoms with Crippen molar-refractivity contribution < 1.29 is 14.7 Å². The number of nitrogens with zero attached hydrogens (tertiary/aromatic N) is 3. The first-order valence-corrected chi connectivity index (χ1v) is 10.3. The SMILES string of the molecule is CC(C)c1ccc([C@](O)(c2cccc(-c3noc(CO)n3)c2)C2(C)CN(C)C2)cc1. The fourth-order valence-corrected chi connectivity index (χ4v) is 4.67. The van der Waals surface area contributed by atoms with Gasteiger partial charge in [-0.05, 0) is 35.7 Å². The fraction of sp³-hybridized carbons (Fsp3) is 0.417. The van der Waals surface area contributed by atoms with Crippen LogP contribution in [0.3, 0.4) is 0 Å². The summed E-state index contributed by atoms with van der Waals surface area (Å²) in [4.78, 5) is 6.43. The van der Waals surface area contributed by atoms with Gasteiger partial charge in [0, 0.05) is 24.1 Å². The van der Waals surface area contributed by atoms with E-state index in [0.29, 0.717) is 11.7 Å². The number of aromatic nitrogens is 2. The minimum Gasteiger partial charge on any atom is -0.387 e. The predicted molar refractivity (Wildman–Crippen MR) is 115 cm³/mol. The molecule has 1 aromatic heterocycles. The molecule has 158 valence electrons. The molecular formula is C24H29N3O3. The van der Waals surface area contributed by atoms with Crippen molar-refractivity contribution in [3.63, 3.8) is 0 Å². The molecule has 1 aliphatic rings. The van der Waals surface area contributed by atoms with Crippen LogP contribution in [0.15, 0.2) is 53.1 Å². The Hall–Kier alpha value is -2.54. The van der Waals surface area contributed by atoms with Gasteiger partial charge < -0.3 is 19.6 Å². The van der Waals surface area contributed by atoms with Crippen LogP contribution >= 0.6 is 0 Å². The van der Waals surface area contributed by atoms with Gasteiger partial charge in [-0.2, -0.15) is 4.98 Å². The zero-order valence-corrected chi connectivity index (χ0v) is 18.0. The summed E-state index contributed by atoms with van der Waals surface area (Å²) in [5.41, 5.74) is 2.15. The van der Waals surface area contributed by atoms with Crippen LogP contribution in [0.5, 0.6) is 0 Å². The third-order valence-corrected chi connectivity index (χ3v) is 6.25. The molecule has 0 spiro atoms. The molecular weight excluding hydrogens is 378 g/mol. The average molecular weight is 408 g/mol. The van der Waals surface area contributed by atoms with Gasteiger partial charge in [-0.15, -0.1) is 0 Å². The summed E-state index contributed by atoms with van der Waals surface area (Å²) in [5.74, 6) is 0.997. The number of hydrogen-bond acceptors (Lipinski definition) is 6. The van der Waals surface area contributed by atoms with Gasteiger partial charge in [0.05, 0.1) is 0 Å². The minimum absolute atomic E-state index is 0.169. The Morgan fingerprint density at radius 1 is 1.13 bits per heavy atom. The number of aliphatic hydroxyl groups excluding tert-OH is 1. The maximum atomic E-state index is 12.3. The van der Waals surface area contributed by atoms with Crippen molar-refractivity contribution >= 4 is 0 Å². The second kappa shape index (κ2) is 7.61. The van der Waals surface area contributed by atoms with Crippen LogP contribution in [0.4, 0.5) is 0 Å². The van der Waals surface area contributed by atoms with Crippen molar-refractivity contribution in [2.24, 2.45) is 5.41 Å². The summed E-state index contributed by atoms with van der Waals surface area (Å²) in [5, 5.41) is 25.5. The Labute approximate surface area is 177 Å². The van der Waals surface area contributed by atoms with E-state index in [1.54, 1.807) is 0 Å². The third-order valence-electron chi connectivity index (χ3n) is 6.25. The lowest BCUT2D eigenvalue weighted by Gasteiger charge is -2.56. The molecule has 1 aliphatic heterocycles. The van der Waals surface area contributed by atoms with Crippen LogP contribution in [0.25, 0.3) is 11.4 Å². The smallest absolute Gasteiger partial charge is 0.252 e. The zero-order chi connectivity index (χ0) is 21.5. The Kier molecular flexibility index (Phi) is 5.26. The normalized spacial score (nSPS) is 18.2. The van der Waals surface area contributed by atoms with Gasteiger partial charge in [0.1, 0.15) is 12.2 Å². The molecule has 0 unspecified atom stereocenters. The monoisotopic (exact) mass is 407 g/mol. The first-order chi connectivity index (χ1) is 14.3. The van der Waals surface area contributed by atoms with Gasteiger partial charge in [-0.1, -0.05) is 68.4 Å². The standard InChI is InChI=1S/C24H29N3O3/c1-16(2)17-8-10-19(11-9-17)24(29,23(3)14-27(4)15-23)20-7-5-6-18(12-20)22-25-21(13-28)30-26-22/h5-12,16,28-29H,13-15H2,1-4H3/t24-/m0/s1. The molecule has 2 N–H and O–H groups in total. The molecule has 0 saturated carbocycles. The van der Waals surface area contributed by atoms with E-state index in [2.05, 4.69) is 55.0 Å². The molecule has 4 rings (SSSR count). The molecule has 30 heavy (non-hydrogen) atoms. The van der Waals surface area contributed by atoms with Crippen molar-refractivity contribution in [1.29, 1.82) is 0 Å². The second-order valence-corrected chi connectivity index (χ2v) is 8.97. The highest BCUT2D eigenvalue weighted by molar-refractivity contribution is 5.57. The Morgan fingerprint density at radius 2 is 1.83 bits per heavy atom. The van der Waals surface area contributed by atoms with Crippen LogP contribution in [0.2, 0.25) is 0 Å². The van der Waals surface area contributed by atoms with Crippen LogP contribution in [-0.4, -0.2) is 45.4 Å². The van der Waals surface area contributed by atoms with E-state index in [1.807, 2.05) is 36.4 Å². The number of aliphatic hydroxyl groups is 2. The lowest BCUT2D eigenvalue weighted by atomic mass is 9.62. The summed E-state index contributed by atoms with van der Waals surface area (Å²) in [6.45, 7) is 7.74. The average Bonchev–Trinajstić information content (AvgIpc) is 3.21. The van der Waals surface area contributed by atoms with Crippen molar-refractivity contribution in [2.75, 3.05) is 20.1 Å². The summed E-state index contributed by atoms with van der Waals surface area (Å²) in [6, 6.07) is 16.0. The molecule has 2 aromatic carbocycles.